The number of alkyl halides is 1. The maximum Gasteiger partial charge on any atom is 0.300 e. The van der Waals surface area contributed by atoms with E-state index in [1.54, 1.807) is 24.4 Å². The molecule has 1 aliphatic carbocycles. The number of ether oxygens (including phenoxy) is 3. The van der Waals surface area contributed by atoms with Gasteiger partial charge in [-0.3, -0.25) is 19.8 Å². The Morgan fingerprint density at radius 1 is 1.05 bits per heavy atom. The van der Waals surface area contributed by atoms with Crippen LogP contribution in [-0.4, -0.2) is 96.3 Å². The number of carbonyl (C=O) groups excluding carboxylic acids is 1. The molecule has 16 nitrogen and oxygen atoms in total. The smallest absolute Gasteiger partial charge is 0.300 e. The third-order valence-electron chi connectivity index (χ3n) is 14.4. The molecule has 0 bridgehead atoms. The van der Waals surface area contributed by atoms with Gasteiger partial charge in [-0.15, -0.1) is 0 Å². The molecule has 3 N–H and O–H groups in total. The van der Waals surface area contributed by atoms with Gasteiger partial charge in [-0.2, -0.15) is 13.4 Å². The van der Waals surface area contributed by atoms with Crippen molar-refractivity contribution in [1.82, 2.24) is 24.6 Å². The van der Waals surface area contributed by atoms with E-state index in [-0.39, 0.29) is 55.1 Å². The number of sulfonamides is 1. The number of nitrogens with zero attached hydrogens (tertiary/aromatic N) is 5. The highest BCUT2D eigenvalue weighted by atomic mass is 32.2. The highest BCUT2D eigenvalue weighted by molar-refractivity contribution is 7.90. The van der Waals surface area contributed by atoms with Crippen molar-refractivity contribution in [2.24, 2.45) is 5.41 Å². The molecular weight excluding hydrogens is 856 g/mol. The van der Waals surface area contributed by atoms with Gasteiger partial charge in [0.15, 0.2) is 10.7 Å². The van der Waals surface area contributed by atoms with Crippen LogP contribution in [0.3, 0.4) is 0 Å². The lowest BCUT2D eigenvalue weighted by molar-refractivity contribution is -0.384. The average Bonchev–Trinajstić information content (AvgIpc) is 3.98. The second-order valence-corrected chi connectivity index (χ2v) is 20.2. The molecule has 1 saturated carbocycles. The Balaban J connectivity index is 0.863. The lowest BCUT2D eigenvalue weighted by Gasteiger charge is -2.56. The number of carbonyl (C=O) groups is 1. The quantitative estimate of drug-likeness (QED) is 0.0849. The van der Waals surface area contributed by atoms with Crippen LogP contribution in [0.1, 0.15) is 98.7 Å². The lowest BCUT2D eigenvalue weighted by Crippen LogP contribution is -2.54. The summed E-state index contributed by atoms with van der Waals surface area (Å²) in [7, 11) is -4.83. The lowest BCUT2D eigenvalue weighted by atomic mass is 9.59. The number of nitrogens with one attached hydrogen (secondary N) is 3. The summed E-state index contributed by atoms with van der Waals surface area (Å²) in [6.07, 6.45) is 10.2. The van der Waals surface area contributed by atoms with Crippen LogP contribution in [0.5, 0.6) is 17.4 Å². The zero-order valence-corrected chi connectivity index (χ0v) is 37.2. The molecule has 10 rings (SSSR count). The number of aromatic amines is 1. The summed E-state index contributed by atoms with van der Waals surface area (Å²) < 4.78 is 62.8. The Morgan fingerprint density at radius 2 is 1.83 bits per heavy atom. The van der Waals surface area contributed by atoms with Crippen LogP contribution in [0.2, 0.25) is 0 Å². The predicted octanol–water partition coefficient (Wildman–Crippen LogP) is 8.18. The molecule has 1 amide bonds. The SMILES string of the molecule is CC(C)c1ccccc1[C@H]1CCCN1C1CC2(CCN(c3ccc(C(=O)NS(=O)(=O)c4cc([N+](=O)[O-])c5c(n4)OC[C@H](C4(F)CCOCC4)N5)c(Oc4cnc5[nH]ccc5c4)c3)CC2)C1. The third kappa shape index (κ3) is 8.24. The molecule has 0 radical (unpaired) electrons. The molecule has 2 atom stereocenters. The fraction of sp³-hybridized carbons (Fsp3) is 0.468. The Bertz CT molecular complexity index is 2750. The summed E-state index contributed by atoms with van der Waals surface area (Å²) in [5.74, 6) is -0.542. The average molecular weight is 909 g/mol. The van der Waals surface area contributed by atoms with Crippen molar-refractivity contribution in [3.63, 3.8) is 0 Å². The second-order valence-electron chi connectivity index (χ2n) is 18.6. The number of hydrogen-bond acceptors (Lipinski definition) is 13. The van der Waals surface area contributed by atoms with Crippen molar-refractivity contribution < 1.29 is 36.7 Å². The number of H-pyrrole nitrogens is 1. The highest BCUT2D eigenvalue weighted by Crippen LogP contribution is 2.54. The Hall–Kier alpha value is -5.85. The maximum atomic E-state index is 15.8. The van der Waals surface area contributed by atoms with E-state index in [0.717, 1.165) is 49.6 Å². The van der Waals surface area contributed by atoms with Gasteiger partial charge in [0.1, 0.15) is 29.4 Å². The molecule has 3 saturated heterocycles. The van der Waals surface area contributed by atoms with Crippen molar-refractivity contribution >= 4 is 44.0 Å². The number of benzene rings is 2. The van der Waals surface area contributed by atoms with Gasteiger partial charge in [0.05, 0.1) is 28.8 Å². The molecule has 342 valence electrons. The normalized spacial score (nSPS) is 21.9. The fourth-order valence-electron chi connectivity index (χ4n) is 10.8. The fourth-order valence-corrected chi connectivity index (χ4v) is 11.7. The van der Waals surface area contributed by atoms with E-state index in [4.69, 9.17) is 14.2 Å². The number of aromatic nitrogens is 3. The van der Waals surface area contributed by atoms with Crippen LogP contribution in [0.4, 0.5) is 21.5 Å². The Labute approximate surface area is 376 Å². The minimum absolute atomic E-state index is 0.0563. The van der Waals surface area contributed by atoms with E-state index >= 15 is 4.39 Å². The van der Waals surface area contributed by atoms with Gasteiger partial charge in [0.2, 0.25) is 5.88 Å². The van der Waals surface area contributed by atoms with Crippen molar-refractivity contribution in [1.29, 1.82) is 0 Å². The zero-order valence-electron chi connectivity index (χ0n) is 36.4. The molecule has 4 aliphatic heterocycles. The number of nitro groups is 1. The first-order valence-corrected chi connectivity index (χ1v) is 24.0. The predicted molar refractivity (Wildman–Crippen MR) is 241 cm³/mol. The highest BCUT2D eigenvalue weighted by Gasteiger charge is 2.50. The Kier molecular flexibility index (Phi) is 11.2. The minimum Gasteiger partial charge on any atom is -0.474 e. The van der Waals surface area contributed by atoms with E-state index in [0.29, 0.717) is 29.4 Å². The first-order valence-electron chi connectivity index (χ1n) is 22.6. The molecule has 4 fully saturated rings. The number of piperidine rings is 1. The van der Waals surface area contributed by atoms with E-state index in [2.05, 4.69) is 68.2 Å². The number of halogens is 1. The molecule has 65 heavy (non-hydrogen) atoms. The van der Waals surface area contributed by atoms with E-state index < -0.39 is 49.2 Å². The summed E-state index contributed by atoms with van der Waals surface area (Å²) in [4.78, 5) is 42.1. The van der Waals surface area contributed by atoms with Crippen molar-refractivity contribution in [3.8, 4) is 17.4 Å². The van der Waals surface area contributed by atoms with Crippen molar-refractivity contribution in [2.75, 3.05) is 49.7 Å². The number of rotatable bonds is 11. The van der Waals surface area contributed by atoms with Crippen molar-refractivity contribution in [2.45, 2.75) is 100.0 Å². The number of likely N-dealkylation sites (tertiary alicyclic amines) is 1. The summed E-state index contributed by atoms with van der Waals surface area (Å²) >= 11 is 0. The number of amides is 1. The van der Waals surface area contributed by atoms with Crippen molar-refractivity contribution in [3.05, 3.63) is 99.9 Å². The molecular formula is C47H53FN8O8S. The molecule has 3 aromatic heterocycles. The number of pyridine rings is 2. The summed E-state index contributed by atoms with van der Waals surface area (Å²) in [5.41, 5.74) is 1.86. The molecule has 18 heteroatoms. The van der Waals surface area contributed by atoms with Gasteiger partial charge >= 0.3 is 5.69 Å². The molecule has 0 unspecified atom stereocenters. The van der Waals surface area contributed by atoms with Crippen LogP contribution in [0.15, 0.2) is 78.1 Å². The summed E-state index contributed by atoms with van der Waals surface area (Å²) in [6, 6.07) is 18.4. The topological polar surface area (TPSA) is 194 Å². The van der Waals surface area contributed by atoms with Gasteiger partial charge in [0.25, 0.3) is 15.9 Å². The molecule has 2 aromatic carbocycles. The standard InChI is InChI=1S/C47H53FN8O8S/c1-29(2)34-6-3-4-7-35(34)37-8-5-17-55(37)32-25-46(26-32)12-18-54(19-13-46)31-9-10-36(39(23-31)64-33-22-30-11-16-49-43(30)50-27-33)44(57)53-65(60,61)41-24-38(56(58)59)42-45(52-41)63-28-40(51-42)47(48)14-20-62-21-15-47/h3-4,6-7,9-11,16,22-24,27,29,32,37,40,51H,5,8,12-15,17-21,25-26,28H2,1-2H3,(H,49,50)(H,53,57)/t37-,40-/m1/s1. The number of hydrogen-bond donors (Lipinski definition) is 3. The third-order valence-corrected chi connectivity index (χ3v) is 15.6. The number of fused-ring (bicyclic) bond motifs is 2. The molecule has 5 aliphatic rings. The summed E-state index contributed by atoms with van der Waals surface area (Å²) in [5, 5.41) is 15.1. The van der Waals surface area contributed by atoms with Crippen LogP contribution < -0.4 is 24.4 Å². The van der Waals surface area contributed by atoms with Gasteiger partial charge in [-0.1, -0.05) is 38.1 Å². The van der Waals surface area contributed by atoms with E-state index in [1.807, 2.05) is 10.8 Å². The Morgan fingerprint density at radius 3 is 2.60 bits per heavy atom. The molecule has 1 spiro atoms. The van der Waals surface area contributed by atoms with Gasteiger partial charge in [-0.25, -0.2) is 14.1 Å². The second kappa shape index (κ2) is 16.9. The zero-order chi connectivity index (χ0) is 45.1. The van der Waals surface area contributed by atoms with E-state index in [1.165, 1.54) is 49.1 Å². The number of anilines is 2. The minimum atomic E-state index is -4.83. The largest absolute Gasteiger partial charge is 0.474 e. The summed E-state index contributed by atoms with van der Waals surface area (Å²) in [6.45, 7) is 7.41. The maximum absolute atomic E-state index is 15.8. The molecule has 5 aromatic rings. The van der Waals surface area contributed by atoms with Crippen LogP contribution in [-0.2, 0) is 14.8 Å². The van der Waals surface area contributed by atoms with E-state index in [9.17, 15) is 23.3 Å². The molecule has 7 heterocycles. The van der Waals surface area contributed by atoms with Crippen LogP contribution in [0, 0.1) is 15.5 Å². The first-order chi connectivity index (χ1) is 31.3. The monoisotopic (exact) mass is 908 g/mol. The van der Waals surface area contributed by atoms with Crippen LogP contribution in [0.25, 0.3) is 11.0 Å². The first kappa shape index (κ1) is 43.1. The van der Waals surface area contributed by atoms with Gasteiger partial charge < -0.3 is 29.4 Å². The van der Waals surface area contributed by atoms with Crippen LogP contribution >= 0.6 is 0 Å². The van der Waals surface area contributed by atoms with Gasteiger partial charge in [-0.05, 0) is 91.8 Å². The van der Waals surface area contributed by atoms with Gasteiger partial charge in [0, 0.05) is 74.6 Å².